The van der Waals surface area contributed by atoms with Crippen LogP contribution >= 0.6 is 11.8 Å². The number of benzene rings is 1. The van der Waals surface area contributed by atoms with Crippen LogP contribution in [-0.2, 0) is 9.84 Å². The molecule has 0 heterocycles. The van der Waals surface area contributed by atoms with E-state index in [0.29, 0.717) is 0 Å². The first-order valence-corrected chi connectivity index (χ1v) is 7.56. The first-order chi connectivity index (χ1) is 8.45. The average molecular weight is 288 g/mol. The second-order valence-corrected chi connectivity index (χ2v) is 5.84. The number of sulfone groups is 1. The molecular formula is C10H12N2O4S2. The number of nitrogens with one attached hydrogen (secondary N) is 1. The monoisotopic (exact) mass is 288 g/mol. The van der Waals surface area contributed by atoms with Gasteiger partial charge < -0.3 is 5.32 Å². The predicted octanol–water partition coefficient (Wildman–Crippen LogP) is 1.45. The minimum Gasteiger partial charge on any atom is -0.377 e. The van der Waals surface area contributed by atoms with Crippen molar-refractivity contribution in [1.82, 2.24) is 5.32 Å². The van der Waals surface area contributed by atoms with E-state index in [0.717, 1.165) is 11.8 Å². The summed E-state index contributed by atoms with van der Waals surface area (Å²) in [4.78, 5) is 10.0. The Morgan fingerprint density at radius 2 is 1.89 bits per heavy atom. The van der Waals surface area contributed by atoms with Gasteiger partial charge in [0.2, 0.25) is 0 Å². The molecule has 1 rings (SSSR count). The van der Waals surface area contributed by atoms with Crippen molar-refractivity contribution in [2.75, 3.05) is 13.3 Å². The molecule has 0 aliphatic carbocycles. The molecule has 0 unspecified atom stereocenters. The van der Waals surface area contributed by atoms with Gasteiger partial charge in [0.05, 0.1) is 9.82 Å². The Labute approximate surface area is 109 Å². The van der Waals surface area contributed by atoms with Crippen LogP contribution in [-0.4, -0.2) is 26.6 Å². The Balaban J connectivity index is 3.50. The van der Waals surface area contributed by atoms with Crippen LogP contribution < -0.4 is 5.32 Å². The van der Waals surface area contributed by atoms with Crippen molar-refractivity contribution in [1.29, 1.82) is 0 Å². The fourth-order valence-electron chi connectivity index (χ4n) is 1.31. The summed E-state index contributed by atoms with van der Waals surface area (Å²) in [5.74, 6) is 0. The maximum atomic E-state index is 12.2. The lowest BCUT2D eigenvalue weighted by molar-refractivity contribution is -0.412. The van der Waals surface area contributed by atoms with E-state index in [1.54, 1.807) is 12.3 Å². The predicted molar refractivity (Wildman–Crippen MR) is 70.2 cm³/mol. The van der Waals surface area contributed by atoms with Crippen LogP contribution in [0.4, 0.5) is 0 Å². The summed E-state index contributed by atoms with van der Waals surface area (Å²) < 4.78 is 24.4. The number of nitrogens with zero attached hydrogens (tertiary/aromatic N) is 1. The van der Waals surface area contributed by atoms with Gasteiger partial charge in [0.1, 0.15) is 0 Å². The Hall–Kier alpha value is -1.54. The lowest BCUT2D eigenvalue weighted by Gasteiger charge is -2.06. The number of rotatable bonds is 5. The highest BCUT2D eigenvalue weighted by molar-refractivity contribution is 8.03. The summed E-state index contributed by atoms with van der Waals surface area (Å²) in [7, 11) is -2.69. The standard InChI is InChI=1S/C10H12N2O4S2/c1-11-9(17-2)10(12(13)14)18(15,16)8-6-4-3-5-7-8/h3-7,11H,1-2H3. The largest absolute Gasteiger partial charge is 0.393 e. The molecule has 18 heavy (non-hydrogen) atoms. The summed E-state index contributed by atoms with van der Waals surface area (Å²) in [6.07, 6.45) is 1.57. The highest BCUT2D eigenvalue weighted by Crippen LogP contribution is 2.25. The van der Waals surface area contributed by atoms with Gasteiger partial charge >= 0.3 is 5.03 Å². The molecule has 8 heteroatoms. The van der Waals surface area contributed by atoms with Crippen LogP contribution in [0.25, 0.3) is 0 Å². The van der Waals surface area contributed by atoms with E-state index < -0.39 is 19.8 Å². The molecule has 0 aliphatic heterocycles. The second-order valence-electron chi connectivity index (χ2n) is 3.16. The van der Waals surface area contributed by atoms with Crippen molar-refractivity contribution in [3.8, 4) is 0 Å². The summed E-state index contributed by atoms with van der Waals surface area (Å²) in [5.41, 5.74) is 0. The van der Waals surface area contributed by atoms with Gasteiger partial charge in [-0.1, -0.05) is 18.2 Å². The zero-order chi connectivity index (χ0) is 13.8. The van der Waals surface area contributed by atoms with Crippen molar-refractivity contribution in [2.24, 2.45) is 0 Å². The first kappa shape index (κ1) is 14.5. The summed E-state index contributed by atoms with van der Waals surface area (Å²) in [6, 6.07) is 7.33. The minimum absolute atomic E-state index is 0.00357. The van der Waals surface area contributed by atoms with Crippen molar-refractivity contribution in [3.05, 3.63) is 50.5 Å². The molecule has 1 aromatic carbocycles. The van der Waals surface area contributed by atoms with Crippen molar-refractivity contribution < 1.29 is 13.3 Å². The van der Waals surface area contributed by atoms with Gasteiger partial charge in [0.25, 0.3) is 9.84 Å². The second kappa shape index (κ2) is 5.87. The van der Waals surface area contributed by atoms with E-state index in [9.17, 15) is 18.5 Å². The molecule has 1 aromatic rings. The average Bonchev–Trinajstić information content (AvgIpc) is 2.36. The molecule has 98 valence electrons. The van der Waals surface area contributed by atoms with Gasteiger partial charge in [-0.25, -0.2) is 8.42 Å². The van der Waals surface area contributed by atoms with Crippen LogP contribution in [0, 0.1) is 10.1 Å². The third kappa shape index (κ3) is 2.82. The molecule has 0 radical (unpaired) electrons. The van der Waals surface area contributed by atoms with Crippen molar-refractivity contribution >= 4 is 21.6 Å². The van der Waals surface area contributed by atoms with Crippen LogP contribution in [0.5, 0.6) is 0 Å². The van der Waals surface area contributed by atoms with E-state index in [2.05, 4.69) is 5.32 Å². The lowest BCUT2D eigenvalue weighted by Crippen LogP contribution is -2.19. The molecular weight excluding hydrogens is 276 g/mol. The Bertz CT molecular complexity index is 561. The summed E-state index contributed by atoms with van der Waals surface area (Å²) >= 11 is 0.976. The van der Waals surface area contributed by atoms with E-state index in [1.165, 1.54) is 31.3 Å². The first-order valence-electron chi connectivity index (χ1n) is 4.85. The smallest absolute Gasteiger partial charge is 0.377 e. The molecule has 0 atom stereocenters. The topological polar surface area (TPSA) is 89.3 Å². The molecule has 0 aliphatic rings. The normalized spacial score (nSPS) is 12.8. The molecule has 0 bridgehead atoms. The molecule has 0 spiro atoms. The molecule has 0 fully saturated rings. The molecule has 1 N–H and O–H groups in total. The van der Waals surface area contributed by atoms with Crippen LogP contribution in [0.15, 0.2) is 45.3 Å². The van der Waals surface area contributed by atoms with Crippen LogP contribution in [0.3, 0.4) is 0 Å². The molecule has 6 nitrogen and oxygen atoms in total. The van der Waals surface area contributed by atoms with E-state index >= 15 is 0 Å². The Kier molecular flexibility index (Phi) is 4.74. The van der Waals surface area contributed by atoms with Gasteiger partial charge in [0, 0.05) is 7.05 Å². The van der Waals surface area contributed by atoms with Crippen LogP contribution in [0.2, 0.25) is 0 Å². The number of nitro groups is 1. The third-order valence-corrected chi connectivity index (χ3v) is 4.79. The quantitative estimate of drug-likeness (QED) is 0.651. The zero-order valence-corrected chi connectivity index (χ0v) is 11.4. The molecule has 0 saturated carbocycles. The zero-order valence-electron chi connectivity index (χ0n) is 9.78. The van der Waals surface area contributed by atoms with Gasteiger partial charge in [0.15, 0.2) is 5.03 Å². The van der Waals surface area contributed by atoms with Crippen molar-refractivity contribution in [2.45, 2.75) is 4.90 Å². The summed E-state index contributed by atoms with van der Waals surface area (Å²) in [6.45, 7) is 0. The van der Waals surface area contributed by atoms with Gasteiger partial charge in [-0.05, 0) is 18.4 Å². The van der Waals surface area contributed by atoms with E-state index in [4.69, 9.17) is 0 Å². The molecule has 0 saturated heterocycles. The number of thioether (sulfide) groups is 1. The Morgan fingerprint density at radius 1 is 1.33 bits per heavy atom. The van der Waals surface area contributed by atoms with E-state index in [1.807, 2.05) is 0 Å². The highest BCUT2D eigenvalue weighted by Gasteiger charge is 2.35. The van der Waals surface area contributed by atoms with Gasteiger partial charge in [-0.3, -0.25) is 10.1 Å². The SMILES string of the molecule is CNC(SC)=C([N+](=O)[O-])S(=O)(=O)c1ccccc1. The number of hydrogen-bond donors (Lipinski definition) is 1. The van der Waals surface area contributed by atoms with Gasteiger partial charge in [-0.2, -0.15) is 0 Å². The third-order valence-electron chi connectivity index (χ3n) is 2.10. The van der Waals surface area contributed by atoms with E-state index in [-0.39, 0.29) is 9.92 Å². The minimum atomic E-state index is -4.13. The number of hydrogen-bond acceptors (Lipinski definition) is 6. The maximum Gasteiger partial charge on any atom is 0.393 e. The fraction of sp³-hybridized carbons (Fsp3) is 0.200. The lowest BCUT2D eigenvalue weighted by atomic mass is 10.4. The molecule has 0 amide bonds. The van der Waals surface area contributed by atoms with Gasteiger partial charge in [-0.15, -0.1) is 11.8 Å². The van der Waals surface area contributed by atoms with Crippen molar-refractivity contribution in [3.63, 3.8) is 0 Å². The maximum absolute atomic E-state index is 12.2. The Morgan fingerprint density at radius 3 is 2.28 bits per heavy atom. The summed E-state index contributed by atoms with van der Waals surface area (Å²) in [5, 5.41) is 12.7. The fourth-order valence-corrected chi connectivity index (χ4v) is 3.62. The highest BCUT2D eigenvalue weighted by atomic mass is 32.2. The molecule has 0 aromatic heterocycles. The van der Waals surface area contributed by atoms with Crippen LogP contribution in [0.1, 0.15) is 0 Å².